The van der Waals surface area contributed by atoms with Crippen LogP contribution in [0, 0.1) is 0 Å². The van der Waals surface area contributed by atoms with Gasteiger partial charge in [-0.15, -0.1) is 0 Å². The maximum absolute atomic E-state index is 10.7. The van der Waals surface area contributed by atoms with Crippen LogP contribution in [-0.2, 0) is 4.79 Å². The molecule has 6 heteroatoms. The summed E-state index contributed by atoms with van der Waals surface area (Å²) in [5.41, 5.74) is 0.786. The molecule has 104 valence electrons. The summed E-state index contributed by atoms with van der Waals surface area (Å²) >= 11 is 0. The Morgan fingerprint density at radius 1 is 1.40 bits per heavy atom. The Kier molecular flexibility index (Phi) is 4.05. The van der Waals surface area contributed by atoms with Crippen molar-refractivity contribution in [2.24, 2.45) is 10.9 Å². The highest BCUT2D eigenvalue weighted by molar-refractivity contribution is 5.95. The van der Waals surface area contributed by atoms with E-state index in [1.807, 2.05) is 24.3 Å². The number of methoxy groups -OCH3 is 1. The second-order valence-corrected chi connectivity index (χ2v) is 4.04. The summed E-state index contributed by atoms with van der Waals surface area (Å²) in [6, 6.07) is 9.14. The Balaban J connectivity index is 2.57. The van der Waals surface area contributed by atoms with Crippen molar-refractivity contribution < 1.29 is 19.4 Å². The number of carboxylic acids is 1. The van der Waals surface area contributed by atoms with Crippen LogP contribution >= 0.6 is 0 Å². The minimum absolute atomic E-state index is 0.389. The summed E-state index contributed by atoms with van der Waals surface area (Å²) in [4.78, 5) is 10.7. The van der Waals surface area contributed by atoms with Crippen molar-refractivity contribution in [3.05, 3.63) is 35.9 Å². The monoisotopic (exact) mass is 274 g/mol. The van der Waals surface area contributed by atoms with E-state index < -0.39 is 12.6 Å². The van der Waals surface area contributed by atoms with Gasteiger partial charge in [0.05, 0.1) is 13.3 Å². The molecule has 0 spiro atoms. The normalized spacial score (nSPS) is 10.8. The molecule has 0 amide bonds. The second kappa shape index (κ2) is 5.92. The molecule has 0 aliphatic rings. The van der Waals surface area contributed by atoms with Crippen molar-refractivity contribution in [3.63, 3.8) is 0 Å². The van der Waals surface area contributed by atoms with E-state index in [1.165, 1.54) is 13.3 Å². The maximum Gasteiger partial charge on any atom is 0.341 e. The number of rotatable bonds is 5. The first kappa shape index (κ1) is 13.7. The highest BCUT2D eigenvalue weighted by atomic mass is 16.5. The number of ether oxygens (including phenoxy) is 2. The smallest absolute Gasteiger partial charge is 0.341 e. The van der Waals surface area contributed by atoms with E-state index in [0.29, 0.717) is 11.5 Å². The van der Waals surface area contributed by atoms with Crippen molar-refractivity contribution >= 4 is 23.0 Å². The minimum Gasteiger partial charge on any atom is -0.493 e. The zero-order valence-electron chi connectivity index (χ0n) is 10.9. The number of carbonyl (C=O) groups is 1. The van der Waals surface area contributed by atoms with E-state index >= 15 is 0 Å². The van der Waals surface area contributed by atoms with Crippen molar-refractivity contribution in [2.75, 3.05) is 13.7 Å². The standard InChI is InChI=1S/C14H14N2O4/c1-19-12-5-4-10-3-2-9(7-16-15)6-11(10)14(12)20-8-13(17)18/h2-7H,8,15H2,1H3,(H,17,18). The number of benzene rings is 2. The average Bonchev–Trinajstić information content (AvgIpc) is 2.44. The lowest BCUT2D eigenvalue weighted by molar-refractivity contribution is -0.139. The highest BCUT2D eigenvalue weighted by Crippen LogP contribution is 2.35. The van der Waals surface area contributed by atoms with Gasteiger partial charge in [-0.25, -0.2) is 4.79 Å². The molecule has 20 heavy (non-hydrogen) atoms. The van der Waals surface area contributed by atoms with Gasteiger partial charge < -0.3 is 20.4 Å². The molecule has 3 N–H and O–H groups in total. The summed E-state index contributed by atoms with van der Waals surface area (Å²) in [7, 11) is 1.50. The van der Waals surface area contributed by atoms with E-state index in [-0.39, 0.29) is 0 Å². The third-order valence-corrected chi connectivity index (χ3v) is 2.74. The van der Waals surface area contributed by atoms with Gasteiger partial charge in [0, 0.05) is 5.39 Å². The number of hydrogen-bond donors (Lipinski definition) is 2. The Morgan fingerprint density at radius 2 is 2.15 bits per heavy atom. The van der Waals surface area contributed by atoms with Crippen LogP contribution in [0.5, 0.6) is 11.5 Å². The van der Waals surface area contributed by atoms with Gasteiger partial charge in [0.25, 0.3) is 0 Å². The maximum atomic E-state index is 10.7. The van der Waals surface area contributed by atoms with E-state index in [0.717, 1.165) is 16.3 Å². The predicted molar refractivity (Wildman–Crippen MR) is 75.4 cm³/mol. The number of nitrogens with zero attached hydrogens (tertiary/aromatic N) is 1. The molecular weight excluding hydrogens is 260 g/mol. The first-order valence-corrected chi connectivity index (χ1v) is 5.84. The lowest BCUT2D eigenvalue weighted by Crippen LogP contribution is -2.10. The van der Waals surface area contributed by atoms with Crippen molar-refractivity contribution in [3.8, 4) is 11.5 Å². The van der Waals surface area contributed by atoms with Crippen LogP contribution in [0.4, 0.5) is 0 Å². The third-order valence-electron chi connectivity index (χ3n) is 2.74. The molecule has 2 aromatic carbocycles. The van der Waals surface area contributed by atoms with Gasteiger partial charge in [-0.1, -0.05) is 18.2 Å². The molecule has 0 saturated carbocycles. The molecule has 0 unspecified atom stereocenters. The van der Waals surface area contributed by atoms with E-state index in [4.69, 9.17) is 20.4 Å². The molecule has 0 aliphatic carbocycles. The van der Waals surface area contributed by atoms with Crippen LogP contribution in [0.3, 0.4) is 0 Å². The number of aliphatic carboxylic acids is 1. The van der Waals surface area contributed by atoms with E-state index in [1.54, 1.807) is 6.07 Å². The van der Waals surface area contributed by atoms with Gasteiger partial charge in [0.2, 0.25) is 0 Å². The fourth-order valence-electron chi connectivity index (χ4n) is 1.90. The zero-order valence-corrected chi connectivity index (χ0v) is 10.9. The van der Waals surface area contributed by atoms with Crippen LogP contribution < -0.4 is 15.3 Å². The largest absolute Gasteiger partial charge is 0.493 e. The molecular formula is C14H14N2O4. The Labute approximate surface area is 115 Å². The summed E-state index contributed by atoms with van der Waals surface area (Å²) in [5.74, 6) is 4.94. The van der Waals surface area contributed by atoms with Gasteiger partial charge >= 0.3 is 5.97 Å². The van der Waals surface area contributed by atoms with Crippen LogP contribution in [0.25, 0.3) is 10.8 Å². The first-order chi connectivity index (χ1) is 9.65. The predicted octanol–water partition coefficient (Wildman–Crippen LogP) is 1.60. The topological polar surface area (TPSA) is 94.1 Å². The summed E-state index contributed by atoms with van der Waals surface area (Å²) in [5, 5.41) is 13.9. The number of hydrogen-bond acceptors (Lipinski definition) is 5. The SMILES string of the molecule is COc1ccc2ccc(C=NN)cc2c1OCC(=O)O. The van der Waals surface area contributed by atoms with Crippen LogP contribution in [0.15, 0.2) is 35.4 Å². The molecule has 0 heterocycles. The van der Waals surface area contributed by atoms with Gasteiger partial charge in [-0.3, -0.25) is 0 Å². The van der Waals surface area contributed by atoms with Crippen molar-refractivity contribution in [2.45, 2.75) is 0 Å². The zero-order chi connectivity index (χ0) is 14.5. The van der Waals surface area contributed by atoms with Crippen molar-refractivity contribution in [1.82, 2.24) is 0 Å². The van der Waals surface area contributed by atoms with Crippen LogP contribution in [-0.4, -0.2) is 31.0 Å². The third kappa shape index (κ3) is 2.80. The van der Waals surface area contributed by atoms with E-state index in [2.05, 4.69) is 5.10 Å². The second-order valence-electron chi connectivity index (χ2n) is 4.04. The van der Waals surface area contributed by atoms with Gasteiger partial charge in [0.1, 0.15) is 0 Å². The van der Waals surface area contributed by atoms with Crippen LogP contribution in [0.1, 0.15) is 5.56 Å². The lowest BCUT2D eigenvalue weighted by Gasteiger charge is -2.12. The minimum atomic E-state index is -1.05. The molecule has 0 atom stereocenters. The molecule has 0 fully saturated rings. The molecule has 6 nitrogen and oxygen atoms in total. The molecule has 2 aromatic rings. The number of hydrazone groups is 1. The Morgan fingerprint density at radius 3 is 2.80 bits per heavy atom. The average molecular weight is 274 g/mol. The molecule has 0 bridgehead atoms. The fraction of sp³-hybridized carbons (Fsp3) is 0.143. The molecule has 2 rings (SSSR count). The van der Waals surface area contributed by atoms with Crippen LogP contribution in [0.2, 0.25) is 0 Å². The van der Waals surface area contributed by atoms with Gasteiger partial charge in [-0.05, 0) is 23.1 Å². The van der Waals surface area contributed by atoms with Crippen molar-refractivity contribution in [1.29, 1.82) is 0 Å². The number of carboxylic acid groups (broad SMARTS) is 1. The number of nitrogens with two attached hydrogens (primary N) is 1. The first-order valence-electron chi connectivity index (χ1n) is 5.84. The molecule has 0 aromatic heterocycles. The Hall–Kier alpha value is -2.76. The van der Waals surface area contributed by atoms with Gasteiger partial charge in [0.15, 0.2) is 18.1 Å². The highest BCUT2D eigenvalue weighted by Gasteiger charge is 2.11. The molecule has 0 radical (unpaired) electrons. The Bertz CT molecular complexity index is 668. The molecule has 0 saturated heterocycles. The van der Waals surface area contributed by atoms with Gasteiger partial charge in [-0.2, -0.15) is 5.10 Å². The summed E-state index contributed by atoms with van der Waals surface area (Å²) in [6.07, 6.45) is 1.50. The number of fused-ring (bicyclic) bond motifs is 1. The fourth-order valence-corrected chi connectivity index (χ4v) is 1.90. The quantitative estimate of drug-likeness (QED) is 0.490. The molecule has 0 aliphatic heterocycles. The lowest BCUT2D eigenvalue weighted by atomic mass is 10.1. The van der Waals surface area contributed by atoms with E-state index in [9.17, 15) is 4.79 Å². The summed E-state index contributed by atoms with van der Waals surface area (Å²) in [6.45, 7) is -0.440. The summed E-state index contributed by atoms with van der Waals surface area (Å²) < 4.78 is 10.5.